The molecule has 3 heteroatoms. The fourth-order valence-corrected chi connectivity index (χ4v) is 1.51. The topological polar surface area (TPSA) is 36.3 Å². The van der Waals surface area contributed by atoms with Gasteiger partial charge in [-0.05, 0) is 18.8 Å². The second kappa shape index (κ2) is 4.45. The van der Waals surface area contributed by atoms with Gasteiger partial charge in [0.1, 0.15) is 12.4 Å². The van der Waals surface area contributed by atoms with Gasteiger partial charge in [-0.1, -0.05) is 6.92 Å². The second-order valence-corrected chi connectivity index (χ2v) is 3.55. The van der Waals surface area contributed by atoms with E-state index < -0.39 is 0 Å². The molecule has 0 saturated carbocycles. The minimum absolute atomic E-state index is 0.453. The van der Waals surface area contributed by atoms with Crippen LogP contribution in [0.1, 0.15) is 19.8 Å². The normalized spacial score (nSPS) is 19.7. The predicted molar refractivity (Wildman–Crippen MR) is 49.6 cm³/mol. The molecule has 1 heterocycles. The van der Waals surface area contributed by atoms with E-state index >= 15 is 0 Å². The van der Waals surface area contributed by atoms with E-state index in [-0.39, 0.29) is 0 Å². The van der Waals surface area contributed by atoms with Crippen molar-refractivity contribution in [1.29, 1.82) is 5.41 Å². The van der Waals surface area contributed by atoms with E-state index in [0.29, 0.717) is 12.4 Å². The molecular formula is C9H18N2O. The molecule has 0 atom stereocenters. The number of piperidine rings is 1. The molecule has 12 heavy (non-hydrogen) atoms. The molecule has 1 N–H and O–H groups in total. The Balaban J connectivity index is 2.29. The lowest BCUT2D eigenvalue weighted by Crippen LogP contribution is -2.39. The highest BCUT2D eigenvalue weighted by atomic mass is 16.5. The lowest BCUT2D eigenvalue weighted by atomic mass is 9.99. The quantitative estimate of drug-likeness (QED) is 0.501. The summed E-state index contributed by atoms with van der Waals surface area (Å²) in [6, 6.07) is 0. The second-order valence-electron chi connectivity index (χ2n) is 3.55. The maximum Gasteiger partial charge on any atom is 0.122 e. The van der Waals surface area contributed by atoms with Gasteiger partial charge in [0.15, 0.2) is 0 Å². The standard InChI is InChI=1S/C9H18N2O/c1-8-3-5-11(6-4-8)9(10)7-12-2/h8,10H,3-7H2,1-2H3. The van der Waals surface area contributed by atoms with Crippen LogP contribution in [0, 0.1) is 11.3 Å². The van der Waals surface area contributed by atoms with Gasteiger partial charge in [0.2, 0.25) is 0 Å². The number of rotatable bonds is 2. The number of nitrogens with one attached hydrogen (secondary N) is 1. The number of hydrogen-bond donors (Lipinski definition) is 1. The van der Waals surface area contributed by atoms with Crippen molar-refractivity contribution in [3.05, 3.63) is 0 Å². The van der Waals surface area contributed by atoms with Crippen LogP contribution in [0.3, 0.4) is 0 Å². The molecular weight excluding hydrogens is 152 g/mol. The fourth-order valence-electron chi connectivity index (χ4n) is 1.51. The van der Waals surface area contributed by atoms with E-state index in [1.807, 2.05) is 0 Å². The largest absolute Gasteiger partial charge is 0.377 e. The van der Waals surface area contributed by atoms with Crippen LogP contribution in [0.5, 0.6) is 0 Å². The van der Waals surface area contributed by atoms with Gasteiger partial charge in [0.05, 0.1) is 0 Å². The highest BCUT2D eigenvalue weighted by Gasteiger charge is 2.17. The molecule has 0 aliphatic carbocycles. The van der Waals surface area contributed by atoms with Crippen LogP contribution < -0.4 is 0 Å². The highest BCUT2D eigenvalue weighted by Crippen LogP contribution is 2.15. The summed E-state index contributed by atoms with van der Waals surface area (Å²) in [6.45, 7) is 4.79. The van der Waals surface area contributed by atoms with Gasteiger partial charge in [-0.2, -0.15) is 0 Å². The Kier molecular flexibility index (Phi) is 3.53. The first-order valence-electron chi connectivity index (χ1n) is 4.55. The molecule has 1 fully saturated rings. The minimum Gasteiger partial charge on any atom is -0.377 e. The van der Waals surface area contributed by atoms with Crippen molar-refractivity contribution in [2.75, 3.05) is 26.8 Å². The average molecular weight is 170 g/mol. The zero-order chi connectivity index (χ0) is 8.97. The molecule has 0 unspecified atom stereocenters. The highest BCUT2D eigenvalue weighted by molar-refractivity contribution is 5.80. The smallest absolute Gasteiger partial charge is 0.122 e. The fraction of sp³-hybridized carbons (Fsp3) is 0.889. The molecule has 1 rings (SSSR count). The number of methoxy groups -OCH3 is 1. The molecule has 1 saturated heterocycles. The Labute approximate surface area is 74.2 Å². The van der Waals surface area contributed by atoms with E-state index in [4.69, 9.17) is 10.1 Å². The number of nitrogens with zero attached hydrogens (tertiary/aromatic N) is 1. The molecule has 1 aliphatic heterocycles. The van der Waals surface area contributed by atoms with Crippen LogP contribution in [0.25, 0.3) is 0 Å². The molecule has 1 aliphatic rings. The van der Waals surface area contributed by atoms with Gasteiger partial charge < -0.3 is 9.64 Å². The van der Waals surface area contributed by atoms with E-state index in [0.717, 1.165) is 19.0 Å². The van der Waals surface area contributed by atoms with Crippen molar-refractivity contribution in [1.82, 2.24) is 4.90 Å². The molecule has 0 radical (unpaired) electrons. The van der Waals surface area contributed by atoms with Crippen LogP contribution in [-0.2, 0) is 4.74 Å². The molecule has 0 amide bonds. The first-order valence-corrected chi connectivity index (χ1v) is 4.55. The van der Waals surface area contributed by atoms with Crippen LogP contribution >= 0.6 is 0 Å². The molecule has 0 bridgehead atoms. The van der Waals surface area contributed by atoms with Crippen molar-refractivity contribution in [2.45, 2.75) is 19.8 Å². The summed E-state index contributed by atoms with van der Waals surface area (Å²) >= 11 is 0. The minimum atomic E-state index is 0.453. The predicted octanol–water partition coefficient (Wildman–Crippen LogP) is 1.34. The van der Waals surface area contributed by atoms with E-state index in [2.05, 4.69) is 11.8 Å². The van der Waals surface area contributed by atoms with Gasteiger partial charge in [-0.25, -0.2) is 0 Å². The molecule has 0 aromatic heterocycles. The third-order valence-electron chi connectivity index (χ3n) is 2.45. The van der Waals surface area contributed by atoms with Gasteiger partial charge in [0.25, 0.3) is 0 Å². The molecule has 0 aromatic rings. The summed E-state index contributed by atoms with van der Waals surface area (Å²) in [4.78, 5) is 2.11. The number of hydrogen-bond acceptors (Lipinski definition) is 2. The Bertz CT molecular complexity index is 151. The van der Waals surface area contributed by atoms with Gasteiger partial charge in [-0.3, -0.25) is 5.41 Å². The molecule has 0 aromatic carbocycles. The van der Waals surface area contributed by atoms with E-state index in [9.17, 15) is 0 Å². The first-order chi connectivity index (χ1) is 5.74. The Morgan fingerprint density at radius 1 is 1.50 bits per heavy atom. The lowest BCUT2D eigenvalue weighted by Gasteiger charge is -2.31. The molecule has 3 nitrogen and oxygen atoms in total. The summed E-state index contributed by atoms with van der Waals surface area (Å²) < 4.78 is 4.92. The number of amidine groups is 1. The molecule has 0 spiro atoms. The third kappa shape index (κ3) is 2.48. The van der Waals surface area contributed by atoms with Gasteiger partial charge in [-0.15, -0.1) is 0 Å². The van der Waals surface area contributed by atoms with Gasteiger partial charge in [0, 0.05) is 20.2 Å². The Hall–Kier alpha value is -0.570. The van der Waals surface area contributed by atoms with Crippen LogP contribution in [0.2, 0.25) is 0 Å². The molecule has 70 valence electrons. The zero-order valence-electron chi connectivity index (χ0n) is 7.97. The lowest BCUT2D eigenvalue weighted by molar-refractivity contribution is 0.213. The van der Waals surface area contributed by atoms with Crippen LogP contribution in [0.15, 0.2) is 0 Å². The van der Waals surface area contributed by atoms with Crippen molar-refractivity contribution in [3.8, 4) is 0 Å². The Morgan fingerprint density at radius 3 is 2.58 bits per heavy atom. The Morgan fingerprint density at radius 2 is 2.08 bits per heavy atom. The maximum absolute atomic E-state index is 7.65. The summed E-state index contributed by atoms with van der Waals surface area (Å²) in [5.74, 6) is 1.46. The maximum atomic E-state index is 7.65. The van der Waals surface area contributed by atoms with Crippen LogP contribution in [-0.4, -0.2) is 37.5 Å². The van der Waals surface area contributed by atoms with Crippen molar-refractivity contribution < 1.29 is 4.74 Å². The van der Waals surface area contributed by atoms with Crippen LogP contribution in [0.4, 0.5) is 0 Å². The van der Waals surface area contributed by atoms with Crippen molar-refractivity contribution in [3.63, 3.8) is 0 Å². The zero-order valence-corrected chi connectivity index (χ0v) is 7.97. The summed E-state index contributed by atoms with van der Waals surface area (Å²) in [5, 5.41) is 7.65. The number of likely N-dealkylation sites (tertiary alicyclic amines) is 1. The summed E-state index contributed by atoms with van der Waals surface area (Å²) in [5.41, 5.74) is 0. The van der Waals surface area contributed by atoms with E-state index in [1.54, 1.807) is 7.11 Å². The van der Waals surface area contributed by atoms with E-state index in [1.165, 1.54) is 12.8 Å². The SMILES string of the molecule is COCC(=N)N1CCC(C)CC1. The first kappa shape index (κ1) is 9.52. The van der Waals surface area contributed by atoms with Crippen molar-refractivity contribution >= 4 is 5.84 Å². The summed E-state index contributed by atoms with van der Waals surface area (Å²) in [6.07, 6.45) is 2.43. The summed E-state index contributed by atoms with van der Waals surface area (Å²) in [7, 11) is 1.64. The average Bonchev–Trinajstić information content (AvgIpc) is 2.06. The van der Waals surface area contributed by atoms with Crippen molar-refractivity contribution in [2.24, 2.45) is 5.92 Å². The third-order valence-corrected chi connectivity index (χ3v) is 2.45. The number of ether oxygens (including phenoxy) is 1. The monoisotopic (exact) mass is 170 g/mol. The van der Waals surface area contributed by atoms with Gasteiger partial charge >= 0.3 is 0 Å².